The van der Waals surface area contributed by atoms with E-state index >= 15 is 0 Å². The first-order valence-electron chi connectivity index (χ1n) is 6.80. The summed E-state index contributed by atoms with van der Waals surface area (Å²) >= 11 is 0. The first kappa shape index (κ1) is 14.5. The highest BCUT2D eigenvalue weighted by molar-refractivity contribution is 7.89. The number of aromatic nitrogens is 2. The lowest BCUT2D eigenvalue weighted by atomic mass is 9.95. The van der Waals surface area contributed by atoms with Gasteiger partial charge >= 0.3 is 0 Å². The summed E-state index contributed by atoms with van der Waals surface area (Å²) in [5.41, 5.74) is 5.54. The second kappa shape index (κ2) is 6.02. The highest BCUT2D eigenvalue weighted by atomic mass is 32.2. The van der Waals surface area contributed by atoms with Crippen LogP contribution in [0, 0.1) is 5.92 Å². The topological polar surface area (TPSA) is 81.2 Å². The van der Waals surface area contributed by atoms with E-state index < -0.39 is 10.0 Å². The SMILES string of the molecule is CCn1cnc(S(=O)(=O)N2CCC(CCN)CC2)c1. The zero-order valence-electron chi connectivity index (χ0n) is 11.3. The highest BCUT2D eigenvalue weighted by Gasteiger charge is 2.30. The molecule has 0 unspecified atom stereocenters. The first-order chi connectivity index (χ1) is 9.07. The van der Waals surface area contributed by atoms with Crippen molar-refractivity contribution in [1.29, 1.82) is 0 Å². The largest absolute Gasteiger partial charge is 0.336 e. The van der Waals surface area contributed by atoms with Crippen molar-refractivity contribution in [2.24, 2.45) is 11.7 Å². The first-order valence-corrected chi connectivity index (χ1v) is 8.24. The number of hydrogen-bond donors (Lipinski definition) is 1. The number of sulfonamides is 1. The zero-order chi connectivity index (χ0) is 13.9. The summed E-state index contributed by atoms with van der Waals surface area (Å²) in [7, 11) is -3.42. The van der Waals surface area contributed by atoms with Crippen LogP contribution in [-0.2, 0) is 16.6 Å². The number of nitrogens with two attached hydrogens (primary N) is 1. The smallest absolute Gasteiger partial charge is 0.262 e. The van der Waals surface area contributed by atoms with Crippen LogP contribution in [0.3, 0.4) is 0 Å². The third-order valence-electron chi connectivity index (χ3n) is 3.73. The molecule has 0 aliphatic carbocycles. The maximum Gasteiger partial charge on any atom is 0.262 e. The van der Waals surface area contributed by atoms with Crippen molar-refractivity contribution in [1.82, 2.24) is 13.9 Å². The van der Waals surface area contributed by atoms with Crippen molar-refractivity contribution in [2.75, 3.05) is 19.6 Å². The number of imidazole rings is 1. The van der Waals surface area contributed by atoms with Gasteiger partial charge < -0.3 is 10.3 Å². The molecule has 1 aromatic heterocycles. The van der Waals surface area contributed by atoms with Gasteiger partial charge in [-0.25, -0.2) is 13.4 Å². The van der Waals surface area contributed by atoms with E-state index in [1.807, 2.05) is 6.92 Å². The van der Waals surface area contributed by atoms with E-state index in [9.17, 15) is 8.42 Å². The van der Waals surface area contributed by atoms with E-state index in [2.05, 4.69) is 4.98 Å². The number of piperidine rings is 1. The zero-order valence-corrected chi connectivity index (χ0v) is 12.1. The second-order valence-corrected chi connectivity index (χ2v) is 6.85. The molecule has 6 nitrogen and oxygen atoms in total. The maximum atomic E-state index is 12.4. The molecule has 0 atom stereocenters. The Morgan fingerprint density at radius 3 is 2.63 bits per heavy atom. The Hall–Kier alpha value is -0.920. The van der Waals surface area contributed by atoms with E-state index in [-0.39, 0.29) is 5.03 Å². The molecule has 2 N–H and O–H groups in total. The van der Waals surface area contributed by atoms with Crippen LogP contribution in [0.5, 0.6) is 0 Å². The van der Waals surface area contributed by atoms with E-state index in [1.54, 1.807) is 21.4 Å². The molecule has 108 valence electrons. The van der Waals surface area contributed by atoms with Crippen molar-refractivity contribution in [3.8, 4) is 0 Å². The molecular weight excluding hydrogens is 264 g/mol. The third-order valence-corrected chi connectivity index (χ3v) is 5.51. The van der Waals surface area contributed by atoms with E-state index in [1.165, 1.54) is 0 Å². The molecule has 7 heteroatoms. The molecule has 0 bridgehead atoms. The van der Waals surface area contributed by atoms with Crippen LogP contribution in [0.1, 0.15) is 26.2 Å². The Labute approximate surface area is 114 Å². The highest BCUT2D eigenvalue weighted by Crippen LogP contribution is 2.24. The van der Waals surface area contributed by atoms with Gasteiger partial charge in [-0.2, -0.15) is 4.31 Å². The molecule has 1 fully saturated rings. The van der Waals surface area contributed by atoms with Gasteiger partial charge in [-0.3, -0.25) is 0 Å². The number of hydrogen-bond acceptors (Lipinski definition) is 4. The van der Waals surface area contributed by atoms with Crippen LogP contribution >= 0.6 is 0 Å². The van der Waals surface area contributed by atoms with Crippen molar-refractivity contribution in [2.45, 2.75) is 37.8 Å². The van der Waals surface area contributed by atoms with Crippen molar-refractivity contribution in [3.63, 3.8) is 0 Å². The quantitative estimate of drug-likeness (QED) is 0.862. The summed E-state index contributed by atoms with van der Waals surface area (Å²) in [5, 5.41) is 0.159. The molecule has 0 spiro atoms. The minimum absolute atomic E-state index is 0.159. The van der Waals surface area contributed by atoms with Crippen LogP contribution in [0.4, 0.5) is 0 Å². The fraction of sp³-hybridized carbons (Fsp3) is 0.750. The number of nitrogens with zero attached hydrogens (tertiary/aromatic N) is 3. The van der Waals surface area contributed by atoms with Gasteiger partial charge in [0, 0.05) is 25.8 Å². The summed E-state index contributed by atoms with van der Waals surface area (Å²) in [5.74, 6) is 0.560. The predicted molar refractivity (Wildman–Crippen MR) is 73.1 cm³/mol. The molecule has 2 heterocycles. The molecule has 1 aliphatic rings. The molecule has 0 saturated carbocycles. The summed E-state index contributed by atoms with van der Waals surface area (Å²) in [6.07, 6.45) is 5.93. The van der Waals surface area contributed by atoms with Crippen LogP contribution in [0.15, 0.2) is 17.6 Å². The summed E-state index contributed by atoms with van der Waals surface area (Å²) in [6.45, 7) is 4.51. The van der Waals surface area contributed by atoms with Gasteiger partial charge in [0.1, 0.15) is 0 Å². The molecule has 0 amide bonds. The Bertz CT molecular complexity index is 504. The van der Waals surface area contributed by atoms with Crippen LogP contribution < -0.4 is 5.73 Å². The second-order valence-electron chi connectivity index (χ2n) is 4.97. The van der Waals surface area contributed by atoms with Crippen molar-refractivity contribution >= 4 is 10.0 Å². The molecule has 0 radical (unpaired) electrons. The lowest BCUT2D eigenvalue weighted by Gasteiger charge is -2.30. The molecule has 1 saturated heterocycles. The molecule has 0 aromatic carbocycles. The number of aryl methyl sites for hydroxylation is 1. The fourth-order valence-corrected chi connectivity index (χ4v) is 3.86. The Morgan fingerprint density at radius 2 is 2.11 bits per heavy atom. The molecule has 1 aromatic rings. The van der Waals surface area contributed by atoms with Gasteiger partial charge in [0.15, 0.2) is 5.03 Å². The predicted octanol–water partition coefficient (Wildman–Crippen LogP) is 0.653. The van der Waals surface area contributed by atoms with Crippen LogP contribution in [0.25, 0.3) is 0 Å². The van der Waals surface area contributed by atoms with E-state index in [0.29, 0.717) is 25.6 Å². The average molecular weight is 286 g/mol. The Kier molecular flexibility index (Phi) is 4.59. The molecule has 19 heavy (non-hydrogen) atoms. The maximum absolute atomic E-state index is 12.4. The third kappa shape index (κ3) is 3.16. The Balaban J connectivity index is 2.05. The van der Waals surface area contributed by atoms with Gasteiger partial charge in [-0.15, -0.1) is 0 Å². The Morgan fingerprint density at radius 1 is 1.42 bits per heavy atom. The number of rotatable bonds is 5. The van der Waals surface area contributed by atoms with Gasteiger partial charge in [0.2, 0.25) is 0 Å². The van der Waals surface area contributed by atoms with Gasteiger partial charge in [0.05, 0.1) is 6.33 Å². The lowest BCUT2D eigenvalue weighted by molar-refractivity contribution is 0.265. The summed E-state index contributed by atoms with van der Waals surface area (Å²) in [4.78, 5) is 4.00. The standard InChI is InChI=1S/C12H22N4O2S/c1-2-15-9-12(14-10-15)19(17,18)16-7-4-11(3-6-13)5-8-16/h9-11H,2-8,13H2,1H3. The average Bonchev–Trinajstić information content (AvgIpc) is 2.89. The minimum atomic E-state index is -3.42. The van der Waals surface area contributed by atoms with Crippen LogP contribution in [-0.4, -0.2) is 41.9 Å². The van der Waals surface area contributed by atoms with Gasteiger partial charge in [-0.05, 0) is 38.6 Å². The van der Waals surface area contributed by atoms with Gasteiger partial charge in [-0.1, -0.05) is 0 Å². The van der Waals surface area contributed by atoms with Crippen molar-refractivity contribution in [3.05, 3.63) is 12.5 Å². The lowest BCUT2D eigenvalue weighted by Crippen LogP contribution is -2.39. The van der Waals surface area contributed by atoms with Crippen molar-refractivity contribution < 1.29 is 8.42 Å². The van der Waals surface area contributed by atoms with Crippen LogP contribution in [0.2, 0.25) is 0 Å². The van der Waals surface area contributed by atoms with E-state index in [4.69, 9.17) is 5.73 Å². The van der Waals surface area contributed by atoms with E-state index in [0.717, 1.165) is 25.8 Å². The monoisotopic (exact) mass is 286 g/mol. The summed E-state index contributed by atoms with van der Waals surface area (Å²) in [6, 6.07) is 0. The molecular formula is C12H22N4O2S. The molecule has 2 rings (SSSR count). The summed E-state index contributed by atoms with van der Waals surface area (Å²) < 4.78 is 28.1. The van der Waals surface area contributed by atoms with Gasteiger partial charge in [0.25, 0.3) is 10.0 Å². The fourth-order valence-electron chi connectivity index (χ4n) is 2.45. The normalized spacial score (nSPS) is 18.8. The molecule has 1 aliphatic heterocycles. The minimum Gasteiger partial charge on any atom is -0.336 e.